The molecule has 0 unspecified atom stereocenters. The van der Waals surface area contributed by atoms with Crippen molar-refractivity contribution in [2.24, 2.45) is 0 Å². The van der Waals surface area contributed by atoms with Gasteiger partial charge in [0, 0.05) is 19.3 Å². The Bertz CT molecular complexity index is 424. The Labute approximate surface area is 89.6 Å². The van der Waals surface area contributed by atoms with E-state index in [1.54, 1.807) is 4.57 Å². The first-order valence-electron chi connectivity index (χ1n) is 4.81. The number of rotatable bonds is 5. The zero-order valence-electron chi connectivity index (χ0n) is 9.19. The third-order valence-corrected chi connectivity index (χ3v) is 2.65. The minimum absolute atomic E-state index is 0.0702. The van der Waals surface area contributed by atoms with E-state index in [2.05, 4.69) is 15.5 Å². The molecule has 0 saturated heterocycles. The molecule has 0 aliphatic rings. The second-order valence-electron chi connectivity index (χ2n) is 3.28. The van der Waals surface area contributed by atoms with Crippen LogP contribution in [0.5, 0.6) is 0 Å². The lowest BCUT2D eigenvalue weighted by Gasteiger charge is -2.06. The molecule has 15 heavy (non-hydrogen) atoms. The molecular formula is C8H16N4O2S. The van der Waals surface area contributed by atoms with Crippen LogP contribution in [0.4, 0.5) is 5.95 Å². The van der Waals surface area contributed by atoms with Crippen molar-refractivity contribution in [2.75, 3.05) is 18.1 Å². The van der Waals surface area contributed by atoms with E-state index < -0.39 is 9.84 Å². The first-order chi connectivity index (χ1) is 6.98. The molecule has 6 nitrogen and oxygen atoms in total. The Balaban J connectivity index is 2.99. The maximum atomic E-state index is 11.1. The van der Waals surface area contributed by atoms with Gasteiger partial charge < -0.3 is 5.32 Å². The molecule has 0 aliphatic carbocycles. The minimum atomic E-state index is -3.06. The fraction of sp³-hybridized carbons (Fsp3) is 0.750. The van der Waals surface area contributed by atoms with Gasteiger partial charge in [-0.1, -0.05) is 0 Å². The highest BCUT2D eigenvalue weighted by atomic mass is 32.2. The van der Waals surface area contributed by atoms with E-state index in [0.717, 1.165) is 6.54 Å². The molecule has 0 saturated carbocycles. The monoisotopic (exact) mass is 232 g/mol. The highest BCUT2D eigenvalue weighted by Gasteiger charge is 2.14. The Morgan fingerprint density at radius 2 is 2.00 bits per heavy atom. The summed E-state index contributed by atoms with van der Waals surface area (Å²) in [4.78, 5) is 0. The topological polar surface area (TPSA) is 76.9 Å². The predicted octanol–water partition coefficient (Wildman–Crippen LogP) is 0.274. The Hall–Kier alpha value is -1.11. The summed E-state index contributed by atoms with van der Waals surface area (Å²) in [5.41, 5.74) is 0. The van der Waals surface area contributed by atoms with Gasteiger partial charge in [0.1, 0.15) is 11.6 Å². The van der Waals surface area contributed by atoms with Gasteiger partial charge >= 0.3 is 0 Å². The molecule has 1 heterocycles. The fourth-order valence-electron chi connectivity index (χ4n) is 1.30. The standard InChI is InChI=1S/C8H16N4O2S/c1-4-9-8-11-10-7(12(8)5-2)6-15(3,13)14/h4-6H2,1-3H3,(H,9,11). The molecule has 0 aromatic carbocycles. The van der Waals surface area contributed by atoms with Crippen LogP contribution in [0.3, 0.4) is 0 Å². The molecule has 7 heteroatoms. The van der Waals surface area contributed by atoms with Gasteiger partial charge in [-0.05, 0) is 13.8 Å². The van der Waals surface area contributed by atoms with Crippen molar-refractivity contribution in [3.63, 3.8) is 0 Å². The molecule has 0 atom stereocenters. The minimum Gasteiger partial charge on any atom is -0.355 e. The third kappa shape index (κ3) is 3.19. The third-order valence-electron chi connectivity index (χ3n) is 1.87. The molecule has 0 amide bonds. The summed E-state index contributed by atoms with van der Waals surface area (Å²) in [5.74, 6) is 1.04. The summed E-state index contributed by atoms with van der Waals surface area (Å²) in [6, 6.07) is 0. The fourth-order valence-corrected chi connectivity index (χ4v) is 1.98. The van der Waals surface area contributed by atoms with Crippen molar-refractivity contribution in [2.45, 2.75) is 26.1 Å². The van der Waals surface area contributed by atoms with Gasteiger partial charge in [-0.2, -0.15) is 0 Å². The van der Waals surface area contributed by atoms with Crippen LogP contribution in [0.25, 0.3) is 0 Å². The number of sulfone groups is 1. The number of nitrogens with one attached hydrogen (secondary N) is 1. The molecule has 0 spiro atoms. The molecule has 0 fully saturated rings. The van der Waals surface area contributed by atoms with Crippen molar-refractivity contribution >= 4 is 15.8 Å². The molecule has 0 radical (unpaired) electrons. The zero-order valence-corrected chi connectivity index (χ0v) is 10.0. The summed E-state index contributed by atoms with van der Waals surface area (Å²) in [5, 5.41) is 10.8. The Kier molecular flexibility index (Phi) is 3.67. The summed E-state index contributed by atoms with van der Waals surface area (Å²) < 4.78 is 24.0. The van der Waals surface area contributed by atoms with E-state index in [-0.39, 0.29) is 5.75 Å². The van der Waals surface area contributed by atoms with E-state index in [9.17, 15) is 8.42 Å². The molecule has 1 aromatic heterocycles. The normalized spacial score (nSPS) is 11.7. The van der Waals surface area contributed by atoms with Crippen molar-refractivity contribution < 1.29 is 8.42 Å². The highest BCUT2D eigenvalue weighted by molar-refractivity contribution is 7.89. The van der Waals surface area contributed by atoms with Crippen LogP contribution in [0.2, 0.25) is 0 Å². The highest BCUT2D eigenvalue weighted by Crippen LogP contribution is 2.09. The van der Waals surface area contributed by atoms with Gasteiger partial charge in [-0.25, -0.2) is 8.42 Å². The Morgan fingerprint density at radius 1 is 1.33 bits per heavy atom. The number of aromatic nitrogens is 3. The number of hydrogen-bond acceptors (Lipinski definition) is 5. The van der Waals surface area contributed by atoms with Crippen LogP contribution in [-0.4, -0.2) is 36.0 Å². The van der Waals surface area contributed by atoms with Crippen LogP contribution in [0.15, 0.2) is 0 Å². The maximum Gasteiger partial charge on any atom is 0.224 e. The largest absolute Gasteiger partial charge is 0.355 e. The second kappa shape index (κ2) is 4.61. The molecule has 0 aliphatic heterocycles. The molecule has 0 bridgehead atoms. The number of nitrogens with zero attached hydrogens (tertiary/aromatic N) is 3. The van der Waals surface area contributed by atoms with Crippen LogP contribution in [0, 0.1) is 0 Å². The quantitative estimate of drug-likeness (QED) is 0.788. The number of anilines is 1. The summed E-state index contributed by atoms with van der Waals surface area (Å²) in [6.45, 7) is 5.26. The average molecular weight is 232 g/mol. The predicted molar refractivity (Wildman–Crippen MR) is 58.4 cm³/mol. The van der Waals surface area contributed by atoms with Crippen molar-refractivity contribution in [3.8, 4) is 0 Å². The lowest BCUT2D eigenvalue weighted by molar-refractivity contribution is 0.596. The molecule has 1 N–H and O–H groups in total. The SMILES string of the molecule is CCNc1nnc(CS(C)(=O)=O)n1CC. The van der Waals surface area contributed by atoms with Crippen LogP contribution in [-0.2, 0) is 22.1 Å². The molecule has 1 aromatic rings. The summed E-state index contributed by atoms with van der Waals surface area (Å²) >= 11 is 0. The zero-order chi connectivity index (χ0) is 11.5. The molecule has 86 valence electrons. The lowest BCUT2D eigenvalue weighted by Crippen LogP contribution is -2.11. The summed E-state index contributed by atoms with van der Waals surface area (Å²) in [6.07, 6.45) is 1.19. The van der Waals surface area contributed by atoms with Gasteiger partial charge in [0.25, 0.3) is 0 Å². The first kappa shape index (κ1) is 12.0. The summed E-state index contributed by atoms with van der Waals surface area (Å²) in [7, 11) is -3.06. The maximum absolute atomic E-state index is 11.1. The molecular weight excluding hydrogens is 216 g/mol. The van der Waals surface area contributed by atoms with E-state index in [1.807, 2.05) is 13.8 Å². The van der Waals surface area contributed by atoms with Crippen LogP contribution in [0.1, 0.15) is 19.7 Å². The Morgan fingerprint density at radius 3 is 2.47 bits per heavy atom. The number of hydrogen-bond donors (Lipinski definition) is 1. The van der Waals surface area contributed by atoms with Gasteiger partial charge in [0.2, 0.25) is 5.95 Å². The van der Waals surface area contributed by atoms with E-state index >= 15 is 0 Å². The average Bonchev–Trinajstić information content (AvgIpc) is 2.45. The van der Waals surface area contributed by atoms with Crippen molar-refractivity contribution in [1.29, 1.82) is 0 Å². The molecule has 1 rings (SSSR count). The smallest absolute Gasteiger partial charge is 0.224 e. The van der Waals surface area contributed by atoms with E-state index in [1.165, 1.54) is 6.26 Å². The van der Waals surface area contributed by atoms with Gasteiger partial charge in [-0.3, -0.25) is 4.57 Å². The van der Waals surface area contributed by atoms with E-state index in [4.69, 9.17) is 0 Å². The van der Waals surface area contributed by atoms with Crippen molar-refractivity contribution in [3.05, 3.63) is 5.82 Å². The lowest BCUT2D eigenvalue weighted by atomic mass is 10.6. The van der Waals surface area contributed by atoms with Crippen LogP contribution < -0.4 is 5.32 Å². The van der Waals surface area contributed by atoms with Gasteiger partial charge in [0.05, 0.1) is 0 Å². The second-order valence-corrected chi connectivity index (χ2v) is 5.42. The van der Waals surface area contributed by atoms with Crippen LogP contribution >= 0.6 is 0 Å². The first-order valence-corrected chi connectivity index (χ1v) is 6.87. The van der Waals surface area contributed by atoms with E-state index in [0.29, 0.717) is 18.3 Å². The van der Waals surface area contributed by atoms with Crippen molar-refractivity contribution in [1.82, 2.24) is 14.8 Å². The van der Waals surface area contributed by atoms with Gasteiger partial charge in [-0.15, -0.1) is 10.2 Å². The van der Waals surface area contributed by atoms with Gasteiger partial charge in [0.15, 0.2) is 9.84 Å².